The van der Waals surface area contributed by atoms with E-state index in [0.717, 1.165) is 18.4 Å². The second kappa shape index (κ2) is 6.65. The SMILES string of the molecule is C=C1C(=O)O[C@@H]2[C@H]3[C@H](COC(C)=O)[C@@H](OC(C)=O)C[C@H]3C(=C)CC[C@@H]12. The summed E-state index contributed by atoms with van der Waals surface area (Å²) in [6.07, 6.45) is 1.47. The average Bonchev–Trinajstić information content (AvgIpc) is 2.96. The largest absolute Gasteiger partial charge is 0.465 e. The number of rotatable bonds is 3. The Labute approximate surface area is 147 Å². The molecule has 2 aliphatic carbocycles. The van der Waals surface area contributed by atoms with Crippen LogP contribution >= 0.6 is 0 Å². The second-order valence-corrected chi connectivity index (χ2v) is 7.23. The molecule has 0 bridgehead atoms. The van der Waals surface area contributed by atoms with Gasteiger partial charge in [-0.15, -0.1) is 0 Å². The monoisotopic (exact) mass is 348 g/mol. The van der Waals surface area contributed by atoms with E-state index in [1.165, 1.54) is 13.8 Å². The molecular formula is C19H24O6. The number of carbonyl (C=O) groups excluding carboxylic acids is 3. The van der Waals surface area contributed by atoms with Gasteiger partial charge in [0.2, 0.25) is 0 Å². The molecule has 1 saturated heterocycles. The van der Waals surface area contributed by atoms with Crippen LogP contribution in [-0.4, -0.2) is 36.7 Å². The summed E-state index contributed by atoms with van der Waals surface area (Å²) in [7, 11) is 0. The number of esters is 3. The van der Waals surface area contributed by atoms with Gasteiger partial charge in [0.15, 0.2) is 0 Å². The lowest BCUT2D eigenvalue weighted by Crippen LogP contribution is -2.37. The molecule has 3 aliphatic rings. The van der Waals surface area contributed by atoms with Crippen LogP contribution in [0.15, 0.2) is 24.3 Å². The maximum atomic E-state index is 12.0. The molecule has 3 fully saturated rings. The predicted molar refractivity (Wildman–Crippen MR) is 88.2 cm³/mol. The van der Waals surface area contributed by atoms with Crippen LogP contribution in [0.2, 0.25) is 0 Å². The van der Waals surface area contributed by atoms with Crippen molar-refractivity contribution < 1.29 is 28.6 Å². The number of carbonyl (C=O) groups is 3. The summed E-state index contributed by atoms with van der Waals surface area (Å²) in [5.41, 5.74) is 1.58. The molecule has 1 aliphatic heterocycles. The van der Waals surface area contributed by atoms with Crippen molar-refractivity contribution in [2.24, 2.45) is 23.7 Å². The van der Waals surface area contributed by atoms with Crippen molar-refractivity contribution in [3.05, 3.63) is 24.3 Å². The molecule has 0 spiro atoms. The van der Waals surface area contributed by atoms with Gasteiger partial charge in [-0.25, -0.2) is 4.79 Å². The van der Waals surface area contributed by atoms with Gasteiger partial charge in [-0.05, 0) is 25.2 Å². The standard InChI is InChI=1S/C19H24O6/c1-9-5-6-13-10(2)19(22)25-18(13)17-14(9)7-16(24-12(4)21)15(17)8-23-11(3)20/h13-18H,1-2,5-8H2,3-4H3/t13-,14-,15+,16-,17+,18-/m0/s1. The molecule has 0 aromatic heterocycles. The Kier molecular flexibility index (Phi) is 4.71. The van der Waals surface area contributed by atoms with Crippen molar-refractivity contribution >= 4 is 17.9 Å². The molecule has 136 valence electrons. The maximum absolute atomic E-state index is 12.0. The third kappa shape index (κ3) is 3.22. The fourth-order valence-corrected chi connectivity index (χ4v) is 4.66. The Balaban J connectivity index is 1.94. The first kappa shape index (κ1) is 17.7. The Morgan fingerprint density at radius 3 is 2.56 bits per heavy atom. The minimum atomic E-state index is -0.387. The molecule has 25 heavy (non-hydrogen) atoms. The third-order valence-electron chi connectivity index (χ3n) is 5.75. The van der Waals surface area contributed by atoms with Crippen LogP contribution in [0.4, 0.5) is 0 Å². The Bertz CT molecular complexity index is 636. The van der Waals surface area contributed by atoms with Crippen LogP contribution in [0.3, 0.4) is 0 Å². The highest BCUT2D eigenvalue weighted by Crippen LogP contribution is 2.53. The average molecular weight is 348 g/mol. The van der Waals surface area contributed by atoms with Crippen LogP contribution in [0.1, 0.15) is 33.1 Å². The summed E-state index contributed by atoms with van der Waals surface area (Å²) in [5, 5.41) is 0. The summed E-state index contributed by atoms with van der Waals surface area (Å²) >= 11 is 0. The lowest BCUT2D eigenvalue weighted by atomic mass is 9.79. The predicted octanol–water partition coefficient (Wildman–Crippen LogP) is 2.18. The van der Waals surface area contributed by atoms with E-state index in [-0.39, 0.29) is 60.4 Å². The van der Waals surface area contributed by atoms with Gasteiger partial charge in [0.05, 0.1) is 6.61 Å². The van der Waals surface area contributed by atoms with Gasteiger partial charge in [-0.1, -0.05) is 18.7 Å². The normalized spacial score (nSPS) is 37.0. The summed E-state index contributed by atoms with van der Waals surface area (Å²) in [4.78, 5) is 34.9. The fourth-order valence-electron chi connectivity index (χ4n) is 4.66. The van der Waals surface area contributed by atoms with E-state index >= 15 is 0 Å². The molecule has 6 atom stereocenters. The fraction of sp³-hybridized carbons (Fsp3) is 0.632. The zero-order valence-corrected chi connectivity index (χ0v) is 14.7. The van der Waals surface area contributed by atoms with Gasteiger partial charge in [-0.2, -0.15) is 0 Å². The third-order valence-corrected chi connectivity index (χ3v) is 5.75. The smallest absolute Gasteiger partial charge is 0.334 e. The van der Waals surface area contributed by atoms with Crippen LogP contribution in [0, 0.1) is 23.7 Å². The first-order valence-electron chi connectivity index (χ1n) is 8.67. The van der Waals surface area contributed by atoms with Crippen molar-refractivity contribution in [2.45, 2.75) is 45.3 Å². The zero-order valence-electron chi connectivity index (χ0n) is 14.7. The number of hydrogen-bond donors (Lipinski definition) is 0. The Hall–Kier alpha value is -2.11. The highest BCUT2D eigenvalue weighted by molar-refractivity contribution is 5.90. The first-order chi connectivity index (χ1) is 11.8. The van der Waals surface area contributed by atoms with E-state index < -0.39 is 0 Å². The molecule has 6 nitrogen and oxygen atoms in total. The van der Waals surface area contributed by atoms with Crippen molar-refractivity contribution in [1.82, 2.24) is 0 Å². The zero-order chi connectivity index (χ0) is 18.3. The van der Waals surface area contributed by atoms with E-state index in [1.54, 1.807) is 0 Å². The quantitative estimate of drug-likeness (QED) is 0.337. The first-order valence-corrected chi connectivity index (χ1v) is 8.67. The molecular weight excluding hydrogens is 324 g/mol. The Morgan fingerprint density at radius 2 is 1.92 bits per heavy atom. The van der Waals surface area contributed by atoms with E-state index in [4.69, 9.17) is 14.2 Å². The van der Waals surface area contributed by atoms with Crippen LogP contribution in [-0.2, 0) is 28.6 Å². The van der Waals surface area contributed by atoms with Gasteiger partial charge in [-0.3, -0.25) is 9.59 Å². The van der Waals surface area contributed by atoms with Crippen molar-refractivity contribution in [2.75, 3.05) is 6.61 Å². The van der Waals surface area contributed by atoms with Crippen molar-refractivity contribution in [3.63, 3.8) is 0 Å². The summed E-state index contributed by atoms with van der Waals surface area (Å²) < 4.78 is 16.4. The van der Waals surface area contributed by atoms with Gasteiger partial charge in [0.1, 0.15) is 12.2 Å². The molecule has 0 aromatic carbocycles. The topological polar surface area (TPSA) is 78.9 Å². The second-order valence-electron chi connectivity index (χ2n) is 7.23. The highest BCUT2D eigenvalue weighted by atomic mass is 16.6. The molecule has 0 radical (unpaired) electrons. The minimum absolute atomic E-state index is 0.0600. The highest BCUT2D eigenvalue weighted by Gasteiger charge is 2.56. The molecule has 6 heteroatoms. The van der Waals surface area contributed by atoms with Crippen molar-refractivity contribution in [3.8, 4) is 0 Å². The molecule has 0 unspecified atom stereocenters. The molecule has 0 aromatic rings. The summed E-state index contributed by atoms with van der Waals surface area (Å²) in [5.74, 6) is -1.42. The lowest BCUT2D eigenvalue weighted by Gasteiger charge is -2.30. The molecule has 3 rings (SSSR count). The van der Waals surface area contributed by atoms with E-state index in [9.17, 15) is 14.4 Å². The van der Waals surface area contributed by atoms with E-state index in [2.05, 4.69) is 13.2 Å². The minimum Gasteiger partial charge on any atom is -0.465 e. The van der Waals surface area contributed by atoms with Gasteiger partial charge < -0.3 is 14.2 Å². The van der Waals surface area contributed by atoms with Crippen LogP contribution < -0.4 is 0 Å². The van der Waals surface area contributed by atoms with Crippen LogP contribution in [0.5, 0.6) is 0 Å². The molecule has 0 N–H and O–H groups in total. The molecule has 2 saturated carbocycles. The summed E-state index contributed by atoms with van der Waals surface area (Å²) in [6.45, 7) is 11.0. The number of fused-ring (bicyclic) bond motifs is 3. The maximum Gasteiger partial charge on any atom is 0.334 e. The van der Waals surface area contributed by atoms with Crippen molar-refractivity contribution in [1.29, 1.82) is 0 Å². The van der Waals surface area contributed by atoms with Gasteiger partial charge in [0.25, 0.3) is 0 Å². The molecule has 0 amide bonds. The van der Waals surface area contributed by atoms with Crippen LogP contribution in [0.25, 0.3) is 0 Å². The van der Waals surface area contributed by atoms with Gasteiger partial charge in [0, 0.05) is 37.2 Å². The molecule has 1 heterocycles. The van der Waals surface area contributed by atoms with E-state index in [1.807, 2.05) is 0 Å². The van der Waals surface area contributed by atoms with Gasteiger partial charge >= 0.3 is 17.9 Å². The van der Waals surface area contributed by atoms with E-state index in [0.29, 0.717) is 12.0 Å². The number of ether oxygens (including phenoxy) is 3. The summed E-state index contributed by atoms with van der Waals surface area (Å²) in [6, 6.07) is 0. The number of allylic oxidation sites excluding steroid dienone is 1. The number of hydrogen-bond acceptors (Lipinski definition) is 6. The Morgan fingerprint density at radius 1 is 1.20 bits per heavy atom. The lowest BCUT2D eigenvalue weighted by molar-refractivity contribution is -0.155.